The second-order valence-electron chi connectivity index (χ2n) is 5.46. The van der Waals surface area contributed by atoms with Crippen molar-refractivity contribution in [3.8, 4) is 10.7 Å². The van der Waals surface area contributed by atoms with Crippen molar-refractivity contribution in [2.24, 2.45) is 11.1 Å². The van der Waals surface area contributed by atoms with Crippen LogP contribution in [0.1, 0.15) is 20.8 Å². The van der Waals surface area contributed by atoms with Crippen LogP contribution < -0.4 is 11.1 Å². The van der Waals surface area contributed by atoms with Crippen molar-refractivity contribution in [2.75, 3.05) is 5.32 Å². The predicted octanol–water partition coefficient (Wildman–Crippen LogP) is 1.91. The van der Waals surface area contributed by atoms with E-state index in [-0.39, 0.29) is 11.3 Å². The van der Waals surface area contributed by atoms with Crippen molar-refractivity contribution in [1.82, 2.24) is 15.2 Å². The van der Waals surface area contributed by atoms with Crippen molar-refractivity contribution in [2.45, 2.75) is 26.8 Å². The Morgan fingerprint density at radius 3 is 2.70 bits per heavy atom. The zero-order valence-electron chi connectivity index (χ0n) is 11.6. The number of hydrogen-bond donors (Lipinski definition) is 2. The van der Waals surface area contributed by atoms with Crippen molar-refractivity contribution in [3.63, 3.8) is 0 Å². The van der Waals surface area contributed by atoms with E-state index in [0.717, 1.165) is 5.69 Å². The number of rotatable bonds is 3. The summed E-state index contributed by atoms with van der Waals surface area (Å²) in [5, 5.41) is 11.7. The molecule has 0 bridgehead atoms. The van der Waals surface area contributed by atoms with E-state index >= 15 is 0 Å². The highest BCUT2D eigenvalue weighted by atomic mass is 32.1. The number of carbonyl (C=O) groups excluding carboxylic acids is 1. The molecule has 20 heavy (non-hydrogen) atoms. The van der Waals surface area contributed by atoms with E-state index in [1.807, 2.05) is 39.0 Å². The third-order valence-electron chi connectivity index (χ3n) is 2.75. The lowest BCUT2D eigenvalue weighted by Gasteiger charge is -2.25. The number of nitrogens with one attached hydrogen (secondary N) is 1. The van der Waals surface area contributed by atoms with Gasteiger partial charge in [0.05, 0.1) is 6.04 Å². The normalized spacial score (nSPS) is 13.0. The molecule has 2 heterocycles. The Labute approximate surface area is 121 Å². The molecule has 1 amide bonds. The van der Waals surface area contributed by atoms with Gasteiger partial charge in [0, 0.05) is 6.20 Å². The van der Waals surface area contributed by atoms with E-state index in [1.165, 1.54) is 11.3 Å². The Morgan fingerprint density at radius 2 is 2.10 bits per heavy atom. The second kappa shape index (κ2) is 5.64. The molecule has 0 saturated heterocycles. The van der Waals surface area contributed by atoms with Gasteiger partial charge in [-0.05, 0) is 17.5 Å². The average Bonchev–Trinajstić information content (AvgIpc) is 2.86. The minimum atomic E-state index is -0.607. The van der Waals surface area contributed by atoms with Crippen LogP contribution in [0.15, 0.2) is 24.4 Å². The van der Waals surface area contributed by atoms with E-state index in [2.05, 4.69) is 20.5 Å². The maximum Gasteiger partial charge on any atom is 0.243 e. The van der Waals surface area contributed by atoms with Gasteiger partial charge in [0.1, 0.15) is 5.69 Å². The summed E-state index contributed by atoms with van der Waals surface area (Å²) in [7, 11) is 0. The standard InChI is InChI=1S/C13H17N5OS/c1-13(2,3)9(14)10(19)16-12-18-17-11(20-12)8-6-4-5-7-15-8/h4-7,9H,14H2,1-3H3,(H,16,18,19)/t9-/m1/s1. The van der Waals surface area contributed by atoms with Crippen LogP contribution in [0.25, 0.3) is 10.7 Å². The Balaban J connectivity index is 2.09. The van der Waals surface area contributed by atoms with Crippen LogP contribution in [-0.2, 0) is 4.79 Å². The van der Waals surface area contributed by atoms with Gasteiger partial charge < -0.3 is 5.73 Å². The lowest BCUT2D eigenvalue weighted by Crippen LogP contribution is -2.45. The predicted molar refractivity (Wildman–Crippen MR) is 79.2 cm³/mol. The largest absolute Gasteiger partial charge is 0.319 e. The van der Waals surface area contributed by atoms with Gasteiger partial charge in [-0.3, -0.25) is 15.1 Å². The fraction of sp³-hybridized carbons (Fsp3) is 0.385. The van der Waals surface area contributed by atoms with Crippen molar-refractivity contribution in [1.29, 1.82) is 0 Å². The second-order valence-corrected chi connectivity index (χ2v) is 6.44. The minimum absolute atomic E-state index is 0.263. The molecule has 0 aromatic carbocycles. The monoisotopic (exact) mass is 291 g/mol. The van der Waals surface area contributed by atoms with E-state index in [4.69, 9.17) is 5.73 Å². The van der Waals surface area contributed by atoms with Crippen molar-refractivity contribution in [3.05, 3.63) is 24.4 Å². The molecule has 0 aliphatic heterocycles. The third kappa shape index (κ3) is 3.37. The molecule has 2 rings (SSSR count). The molecule has 7 heteroatoms. The molecule has 0 fully saturated rings. The average molecular weight is 291 g/mol. The summed E-state index contributed by atoms with van der Waals surface area (Å²) in [5.41, 5.74) is 6.31. The van der Waals surface area contributed by atoms with Crippen LogP contribution in [0.2, 0.25) is 0 Å². The van der Waals surface area contributed by atoms with Crippen LogP contribution in [0, 0.1) is 5.41 Å². The van der Waals surface area contributed by atoms with Gasteiger partial charge in [-0.1, -0.05) is 38.2 Å². The maximum atomic E-state index is 12.0. The smallest absolute Gasteiger partial charge is 0.243 e. The van der Waals surface area contributed by atoms with Crippen LogP contribution in [-0.4, -0.2) is 27.1 Å². The topological polar surface area (TPSA) is 93.8 Å². The van der Waals surface area contributed by atoms with Crippen LogP contribution in [0.4, 0.5) is 5.13 Å². The maximum absolute atomic E-state index is 12.0. The molecular weight excluding hydrogens is 274 g/mol. The number of anilines is 1. The van der Waals surface area contributed by atoms with Crippen LogP contribution in [0.3, 0.4) is 0 Å². The van der Waals surface area contributed by atoms with E-state index in [0.29, 0.717) is 10.1 Å². The van der Waals surface area contributed by atoms with E-state index in [9.17, 15) is 4.79 Å². The van der Waals surface area contributed by atoms with Gasteiger partial charge in [-0.2, -0.15) is 0 Å². The zero-order chi connectivity index (χ0) is 14.8. The summed E-state index contributed by atoms with van der Waals surface area (Å²) in [6.07, 6.45) is 1.69. The molecule has 1 atom stereocenters. The number of aromatic nitrogens is 3. The van der Waals surface area contributed by atoms with Gasteiger partial charge in [-0.25, -0.2) is 0 Å². The Morgan fingerprint density at radius 1 is 1.35 bits per heavy atom. The molecule has 0 spiro atoms. The third-order valence-corrected chi connectivity index (χ3v) is 3.62. The molecule has 106 valence electrons. The van der Waals surface area contributed by atoms with Crippen molar-refractivity contribution < 1.29 is 4.79 Å². The molecule has 0 saturated carbocycles. The fourth-order valence-corrected chi connectivity index (χ4v) is 2.17. The molecule has 2 aromatic heterocycles. The quantitative estimate of drug-likeness (QED) is 0.901. The zero-order valence-corrected chi connectivity index (χ0v) is 12.4. The molecule has 6 nitrogen and oxygen atoms in total. The molecular formula is C13H17N5OS. The molecule has 0 aliphatic carbocycles. The summed E-state index contributed by atoms with van der Waals surface area (Å²) in [4.78, 5) is 16.2. The molecule has 0 unspecified atom stereocenters. The highest BCUT2D eigenvalue weighted by Gasteiger charge is 2.28. The van der Waals surface area contributed by atoms with E-state index in [1.54, 1.807) is 6.20 Å². The summed E-state index contributed by atoms with van der Waals surface area (Å²) in [6, 6.07) is 4.93. The van der Waals surface area contributed by atoms with Gasteiger partial charge in [-0.15, -0.1) is 10.2 Å². The number of amides is 1. The van der Waals surface area contributed by atoms with E-state index < -0.39 is 6.04 Å². The number of carbonyl (C=O) groups is 1. The summed E-state index contributed by atoms with van der Waals surface area (Å²) < 4.78 is 0. The van der Waals surface area contributed by atoms with Gasteiger partial charge in [0.15, 0.2) is 5.01 Å². The van der Waals surface area contributed by atoms with Crippen LogP contribution in [0.5, 0.6) is 0 Å². The summed E-state index contributed by atoms with van der Waals surface area (Å²) in [6.45, 7) is 5.74. The van der Waals surface area contributed by atoms with Crippen molar-refractivity contribution >= 4 is 22.4 Å². The molecule has 0 radical (unpaired) electrons. The highest BCUT2D eigenvalue weighted by Crippen LogP contribution is 2.25. The first-order valence-electron chi connectivity index (χ1n) is 6.19. The molecule has 2 aromatic rings. The minimum Gasteiger partial charge on any atom is -0.319 e. The number of nitrogens with two attached hydrogens (primary N) is 1. The first kappa shape index (κ1) is 14.5. The lowest BCUT2D eigenvalue weighted by molar-refractivity contribution is -0.119. The Bertz CT molecular complexity index is 590. The van der Waals surface area contributed by atoms with Gasteiger partial charge in [0.2, 0.25) is 11.0 Å². The summed E-state index contributed by atoms with van der Waals surface area (Å²) >= 11 is 1.27. The van der Waals surface area contributed by atoms with Gasteiger partial charge >= 0.3 is 0 Å². The molecule has 0 aliphatic rings. The SMILES string of the molecule is CC(C)(C)[C@H](N)C(=O)Nc1nnc(-c2ccccn2)s1. The first-order chi connectivity index (χ1) is 9.38. The van der Waals surface area contributed by atoms with Gasteiger partial charge in [0.25, 0.3) is 0 Å². The Hall–Kier alpha value is -1.86. The number of nitrogens with zero attached hydrogens (tertiary/aromatic N) is 3. The first-order valence-corrected chi connectivity index (χ1v) is 7.01. The fourth-order valence-electron chi connectivity index (χ4n) is 1.44. The van der Waals surface area contributed by atoms with Crippen LogP contribution >= 0.6 is 11.3 Å². The molecule has 3 N–H and O–H groups in total. The number of pyridine rings is 1. The Kier molecular flexibility index (Phi) is 4.10. The lowest BCUT2D eigenvalue weighted by atomic mass is 9.87. The number of hydrogen-bond acceptors (Lipinski definition) is 6. The summed E-state index contributed by atoms with van der Waals surface area (Å²) in [5.74, 6) is -0.263. The highest BCUT2D eigenvalue weighted by molar-refractivity contribution is 7.18.